The lowest BCUT2D eigenvalue weighted by molar-refractivity contribution is 0.399. The summed E-state index contributed by atoms with van der Waals surface area (Å²) in [5.74, 6) is 0. The monoisotopic (exact) mass is 493 g/mol. The number of benzene rings is 3. The molecule has 0 atom stereocenters. The van der Waals surface area contributed by atoms with Crippen LogP contribution in [0.3, 0.4) is 0 Å². The first-order valence-corrected chi connectivity index (χ1v) is 11.9. The average Bonchev–Trinajstić information content (AvgIpc) is 3.24. The van der Waals surface area contributed by atoms with Crippen LogP contribution < -0.4 is 5.32 Å². The molecular weight excluding hydrogens is 469 g/mol. The van der Waals surface area contributed by atoms with E-state index in [4.69, 9.17) is 35.4 Å². The van der Waals surface area contributed by atoms with E-state index < -0.39 is 0 Å². The van der Waals surface area contributed by atoms with Crippen molar-refractivity contribution in [2.24, 2.45) is 0 Å². The molecular formula is C27H25Cl2N3S. The number of nitrogens with zero attached hydrogens (tertiary/aromatic N) is 2. The summed E-state index contributed by atoms with van der Waals surface area (Å²) in [6.45, 7) is 4.12. The molecule has 0 amide bonds. The molecule has 4 aromatic rings. The smallest absolute Gasteiger partial charge is 0.174 e. The van der Waals surface area contributed by atoms with Gasteiger partial charge in [0, 0.05) is 40.7 Å². The zero-order valence-corrected chi connectivity index (χ0v) is 20.7. The van der Waals surface area contributed by atoms with E-state index in [0.717, 1.165) is 22.8 Å². The summed E-state index contributed by atoms with van der Waals surface area (Å²) >= 11 is 18.2. The molecule has 168 valence electrons. The van der Waals surface area contributed by atoms with Gasteiger partial charge in [-0.15, -0.1) is 0 Å². The molecule has 33 heavy (non-hydrogen) atoms. The minimum absolute atomic E-state index is 0.651. The van der Waals surface area contributed by atoms with Crippen molar-refractivity contribution in [3.05, 3.63) is 124 Å². The molecule has 0 bridgehead atoms. The normalized spacial score (nSPS) is 10.8. The maximum Gasteiger partial charge on any atom is 0.174 e. The Morgan fingerprint density at radius 1 is 0.879 bits per heavy atom. The van der Waals surface area contributed by atoms with Crippen molar-refractivity contribution in [2.45, 2.75) is 26.6 Å². The summed E-state index contributed by atoms with van der Waals surface area (Å²) in [6, 6.07) is 28.4. The molecule has 0 saturated heterocycles. The van der Waals surface area contributed by atoms with Crippen LogP contribution in [0.15, 0.2) is 91.1 Å². The zero-order chi connectivity index (χ0) is 23.2. The second-order valence-electron chi connectivity index (χ2n) is 7.99. The number of aryl methyl sites for hydroxylation is 1. The molecule has 0 aliphatic heterocycles. The number of halogens is 2. The van der Waals surface area contributed by atoms with Crippen molar-refractivity contribution in [3.63, 3.8) is 0 Å². The fraction of sp³-hybridized carbons (Fsp3) is 0.148. The number of hydrogen-bond acceptors (Lipinski definition) is 1. The quantitative estimate of drug-likeness (QED) is 0.268. The fourth-order valence-corrected chi connectivity index (χ4v) is 4.16. The van der Waals surface area contributed by atoms with Crippen LogP contribution in [0, 0.1) is 6.92 Å². The molecule has 4 rings (SSSR count). The molecule has 3 nitrogen and oxygen atoms in total. The van der Waals surface area contributed by atoms with Crippen molar-refractivity contribution >= 4 is 46.2 Å². The lowest BCUT2D eigenvalue weighted by Crippen LogP contribution is -2.34. The summed E-state index contributed by atoms with van der Waals surface area (Å²) in [4.78, 5) is 2.17. The molecule has 0 radical (unpaired) electrons. The topological polar surface area (TPSA) is 20.2 Å². The van der Waals surface area contributed by atoms with Crippen LogP contribution in [0.1, 0.15) is 22.4 Å². The summed E-state index contributed by atoms with van der Waals surface area (Å²) < 4.78 is 2.24. The van der Waals surface area contributed by atoms with E-state index in [1.807, 2.05) is 55.5 Å². The van der Waals surface area contributed by atoms with Crippen molar-refractivity contribution in [1.82, 2.24) is 9.47 Å². The first-order chi connectivity index (χ1) is 16.0. The Labute approximate surface area is 210 Å². The van der Waals surface area contributed by atoms with E-state index in [9.17, 15) is 0 Å². The molecule has 0 aliphatic carbocycles. The molecule has 0 aliphatic rings. The van der Waals surface area contributed by atoms with Crippen LogP contribution in [0.5, 0.6) is 0 Å². The van der Waals surface area contributed by atoms with Gasteiger partial charge in [-0.2, -0.15) is 0 Å². The molecule has 0 unspecified atom stereocenters. The minimum Gasteiger partial charge on any atom is -0.345 e. The Balaban J connectivity index is 1.55. The molecule has 1 aromatic heterocycles. The summed E-state index contributed by atoms with van der Waals surface area (Å²) in [5, 5.41) is 5.48. The van der Waals surface area contributed by atoms with Crippen molar-refractivity contribution in [2.75, 3.05) is 5.32 Å². The van der Waals surface area contributed by atoms with Gasteiger partial charge in [0.2, 0.25) is 0 Å². The number of hydrogen-bond donors (Lipinski definition) is 1. The maximum atomic E-state index is 6.32. The van der Waals surface area contributed by atoms with E-state index in [1.54, 1.807) is 0 Å². The molecule has 1 N–H and O–H groups in total. The van der Waals surface area contributed by atoms with Crippen LogP contribution in [0.2, 0.25) is 10.0 Å². The molecule has 3 aromatic carbocycles. The van der Waals surface area contributed by atoms with Gasteiger partial charge in [0.1, 0.15) is 0 Å². The Morgan fingerprint density at radius 2 is 1.64 bits per heavy atom. The molecule has 0 fully saturated rings. The molecule has 1 heterocycles. The van der Waals surface area contributed by atoms with E-state index >= 15 is 0 Å². The van der Waals surface area contributed by atoms with Gasteiger partial charge in [-0.25, -0.2) is 0 Å². The Morgan fingerprint density at radius 3 is 2.36 bits per heavy atom. The van der Waals surface area contributed by atoms with E-state index in [0.29, 0.717) is 23.2 Å². The maximum absolute atomic E-state index is 6.32. The number of anilines is 1. The minimum atomic E-state index is 0.651. The second-order valence-corrected chi connectivity index (χ2v) is 9.22. The average molecular weight is 494 g/mol. The first-order valence-electron chi connectivity index (χ1n) is 10.7. The number of rotatable bonds is 7. The summed E-state index contributed by atoms with van der Waals surface area (Å²) in [5.41, 5.74) is 5.48. The third kappa shape index (κ3) is 6.38. The number of thiocarbonyl (C=S) groups is 1. The lowest BCUT2D eigenvalue weighted by Gasteiger charge is -2.27. The van der Waals surface area contributed by atoms with E-state index in [2.05, 4.69) is 57.4 Å². The predicted octanol–water partition coefficient (Wildman–Crippen LogP) is 7.55. The van der Waals surface area contributed by atoms with Crippen LogP contribution >= 0.6 is 35.4 Å². The predicted molar refractivity (Wildman–Crippen MR) is 143 cm³/mol. The van der Waals surface area contributed by atoms with Gasteiger partial charge < -0.3 is 14.8 Å². The highest BCUT2D eigenvalue weighted by atomic mass is 35.5. The summed E-state index contributed by atoms with van der Waals surface area (Å²) in [6.07, 6.45) is 2.10. The van der Waals surface area contributed by atoms with Gasteiger partial charge in [0.15, 0.2) is 5.11 Å². The van der Waals surface area contributed by atoms with E-state index in [1.165, 1.54) is 16.8 Å². The zero-order valence-electron chi connectivity index (χ0n) is 18.3. The standard InChI is InChI=1S/C27H25Cl2N3S/c1-20-9-14-24(16-26(20)29)30-27(33)32(18-21-6-3-2-4-7-21)19-25-8-5-15-31(25)17-22-10-12-23(28)13-11-22/h2-16H,17-19H2,1H3,(H,30,33). The van der Waals surface area contributed by atoms with Gasteiger partial charge in [-0.3, -0.25) is 0 Å². The fourth-order valence-electron chi connectivity index (χ4n) is 3.61. The Kier molecular flexibility index (Phi) is 7.71. The molecule has 0 spiro atoms. The molecule has 6 heteroatoms. The van der Waals surface area contributed by atoms with E-state index in [-0.39, 0.29) is 0 Å². The third-order valence-electron chi connectivity index (χ3n) is 5.47. The van der Waals surface area contributed by atoms with Gasteiger partial charge in [-0.05, 0) is 72.2 Å². The van der Waals surface area contributed by atoms with Gasteiger partial charge in [0.25, 0.3) is 0 Å². The van der Waals surface area contributed by atoms with Crippen LogP contribution in [-0.4, -0.2) is 14.6 Å². The highest BCUT2D eigenvalue weighted by molar-refractivity contribution is 7.80. The SMILES string of the molecule is Cc1ccc(NC(=S)N(Cc2ccccc2)Cc2cccn2Cc2ccc(Cl)cc2)cc1Cl. The largest absolute Gasteiger partial charge is 0.345 e. The lowest BCUT2D eigenvalue weighted by atomic mass is 10.2. The Hall–Kier alpha value is -2.79. The second kappa shape index (κ2) is 10.9. The van der Waals surface area contributed by atoms with Gasteiger partial charge in [-0.1, -0.05) is 71.7 Å². The molecule has 0 saturated carbocycles. The van der Waals surface area contributed by atoms with Crippen molar-refractivity contribution in [3.8, 4) is 0 Å². The van der Waals surface area contributed by atoms with Gasteiger partial charge in [0.05, 0.1) is 6.54 Å². The first kappa shape index (κ1) is 23.4. The van der Waals surface area contributed by atoms with Crippen LogP contribution in [0.4, 0.5) is 5.69 Å². The highest BCUT2D eigenvalue weighted by Crippen LogP contribution is 2.21. The van der Waals surface area contributed by atoms with Crippen molar-refractivity contribution in [1.29, 1.82) is 0 Å². The highest BCUT2D eigenvalue weighted by Gasteiger charge is 2.14. The number of nitrogens with one attached hydrogen (secondary N) is 1. The Bertz CT molecular complexity index is 1220. The van der Waals surface area contributed by atoms with Crippen LogP contribution in [-0.2, 0) is 19.6 Å². The van der Waals surface area contributed by atoms with Crippen LogP contribution in [0.25, 0.3) is 0 Å². The number of aromatic nitrogens is 1. The third-order valence-corrected chi connectivity index (χ3v) is 6.49. The summed E-state index contributed by atoms with van der Waals surface area (Å²) in [7, 11) is 0. The van der Waals surface area contributed by atoms with Crippen molar-refractivity contribution < 1.29 is 0 Å². The van der Waals surface area contributed by atoms with Gasteiger partial charge >= 0.3 is 0 Å².